The Kier molecular flexibility index (Phi) is 9.99. The molecule has 0 spiro atoms. The smallest absolute Gasteiger partial charge is 0.311 e. The van der Waals surface area contributed by atoms with Crippen molar-refractivity contribution in [1.82, 2.24) is 0 Å². The van der Waals surface area contributed by atoms with Crippen LogP contribution < -0.4 is 0 Å². The van der Waals surface area contributed by atoms with E-state index in [1.165, 1.54) is 52.1 Å². The maximum atomic E-state index is 11.6. The van der Waals surface area contributed by atoms with Gasteiger partial charge in [-0.05, 0) is 26.2 Å². The van der Waals surface area contributed by atoms with Crippen LogP contribution in [0.4, 0.5) is 0 Å². The third kappa shape index (κ3) is 9.07. The molecule has 0 amide bonds. The Morgan fingerprint density at radius 1 is 1.05 bits per heavy atom. The quantitative estimate of drug-likeness (QED) is 0.373. The fraction of sp³-hybridized carbons (Fsp3) is 0.941. The van der Waals surface area contributed by atoms with Crippen LogP contribution in [0.2, 0.25) is 0 Å². The maximum absolute atomic E-state index is 11.6. The Morgan fingerprint density at radius 3 is 2.21 bits per heavy atom. The van der Waals surface area contributed by atoms with E-state index in [2.05, 4.69) is 13.8 Å². The summed E-state index contributed by atoms with van der Waals surface area (Å²) in [4.78, 5) is 11.6. The van der Waals surface area contributed by atoms with Gasteiger partial charge in [0.05, 0.1) is 12.5 Å². The van der Waals surface area contributed by atoms with E-state index in [1.54, 1.807) is 0 Å². The van der Waals surface area contributed by atoms with E-state index in [0.717, 1.165) is 18.8 Å². The summed E-state index contributed by atoms with van der Waals surface area (Å²) in [6.45, 7) is 8.55. The highest BCUT2D eigenvalue weighted by molar-refractivity contribution is 5.75. The van der Waals surface area contributed by atoms with E-state index >= 15 is 0 Å². The van der Waals surface area contributed by atoms with Crippen LogP contribution in [0, 0.1) is 11.3 Å². The minimum atomic E-state index is -0.324. The second-order valence-corrected chi connectivity index (χ2v) is 6.58. The predicted molar refractivity (Wildman–Crippen MR) is 82.2 cm³/mol. The summed E-state index contributed by atoms with van der Waals surface area (Å²) in [5, 5.41) is 0. The van der Waals surface area contributed by atoms with Crippen molar-refractivity contribution in [3.8, 4) is 0 Å². The third-order valence-corrected chi connectivity index (χ3v) is 4.04. The average molecular weight is 270 g/mol. The fourth-order valence-electron chi connectivity index (χ4n) is 2.51. The van der Waals surface area contributed by atoms with Crippen LogP contribution in [-0.4, -0.2) is 13.1 Å². The molecule has 2 nitrogen and oxygen atoms in total. The molecule has 0 aromatic carbocycles. The first kappa shape index (κ1) is 18.5. The van der Waals surface area contributed by atoms with Gasteiger partial charge in [-0.25, -0.2) is 0 Å². The number of hydrogen-bond donors (Lipinski definition) is 0. The van der Waals surface area contributed by atoms with E-state index in [4.69, 9.17) is 4.74 Å². The number of esters is 1. The van der Waals surface area contributed by atoms with Crippen molar-refractivity contribution < 1.29 is 9.53 Å². The van der Waals surface area contributed by atoms with Gasteiger partial charge in [-0.15, -0.1) is 0 Å². The first-order chi connectivity index (χ1) is 8.94. The summed E-state index contributed by atoms with van der Waals surface area (Å²) in [6.07, 6.45) is 11.4. The standard InChI is InChI=1S/C17H34O2/c1-6-7-8-9-10-12-15(2)13-11-14-17(3,4)16(18)19-5/h15H,6-14H2,1-5H3. The number of carbonyl (C=O) groups excluding carboxylic acids is 1. The van der Waals surface area contributed by atoms with Crippen LogP contribution in [0.5, 0.6) is 0 Å². The minimum absolute atomic E-state index is 0.0836. The lowest BCUT2D eigenvalue weighted by molar-refractivity contribution is -0.151. The van der Waals surface area contributed by atoms with Crippen molar-refractivity contribution in [3.05, 3.63) is 0 Å². The van der Waals surface area contributed by atoms with Gasteiger partial charge in [0, 0.05) is 0 Å². The van der Waals surface area contributed by atoms with Gasteiger partial charge in [-0.2, -0.15) is 0 Å². The molecule has 0 fully saturated rings. The zero-order valence-electron chi connectivity index (χ0n) is 13.8. The van der Waals surface area contributed by atoms with Crippen molar-refractivity contribution >= 4 is 5.97 Å². The number of unbranched alkanes of at least 4 members (excludes halogenated alkanes) is 4. The third-order valence-electron chi connectivity index (χ3n) is 4.04. The lowest BCUT2D eigenvalue weighted by atomic mass is 9.85. The zero-order valence-corrected chi connectivity index (χ0v) is 13.8. The average Bonchev–Trinajstić information content (AvgIpc) is 2.37. The molecule has 19 heavy (non-hydrogen) atoms. The topological polar surface area (TPSA) is 26.3 Å². The first-order valence-corrected chi connectivity index (χ1v) is 8.02. The van der Waals surface area contributed by atoms with Gasteiger partial charge in [0.2, 0.25) is 0 Å². The molecule has 0 aliphatic rings. The highest BCUT2D eigenvalue weighted by atomic mass is 16.5. The van der Waals surface area contributed by atoms with E-state index in [0.29, 0.717) is 0 Å². The van der Waals surface area contributed by atoms with Gasteiger partial charge >= 0.3 is 5.97 Å². The molecule has 0 aromatic rings. The molecule has 0 heterocycles. The number of rotatable bonds is 11. The van der Waals surface area contributed by atoms with Crippen molar-refractivity contribution in [2.45, 2.75) is 85.5 Å². The Labute approximate surface area is 120 Å². The second kappa shape index (κ2) is 10.3. The molecule has 0 radical (unpaired) electrons. The fourth-order valence-corrected chi connectivity index (χ4v) is 2.51. The molecule has 2 heteroatoms. The summed E-state index contributed by atoms with van der Waals surface area (Å²) < 4.78 is 4.84. The summed E-state index contributed by atoms with van der Waals surface area (Å²) in [5.41, 5.74) is -0.324. The molecule has 0 rings (SSSR count). The SMILES string of the molecule is CCCCCCCC(C)CCCC(C)(C)C(=O)OC. The van der Waals surface area contributed by atoms with Crippen LogP contribution >= 0.6 is 0 Å². The monoisotopic (exact) mass is 270 g/mol. The summed E-state index contributed by atoms with van der Waals surface area (Å²) >= 11 is 0. The molecule has 0 saturated carbocycles. The molecule has 0 aliphatic carbocycles. The lowest BCUT2D eigenvalue weighted by Crippen LogP contribution is -2.25. The Morgan fingerprint density at radius 2 is 1.63 bits per heavy atom. The van der Waals surface area contributed by atoms with Crippen molar-refractivity contribution in [2.75, 3.05) is 7.11 Å². The molecule has 0 aliphatic heterocycles. The van der Waals surface area contributed by atoms with Crippen LogP contribution in [0.3, 0.4) is 0 Å². The van der Waals surface area contributed by atoms with Crippen LogP contribution in [0.1, 0.15) is 85.5 Å². The number of ether oxygens (including phenoxy) is 1. The molecule has 0 aromatic heterocycles. The Balaban J connectivity index is 3.62. The zero-order chi connectivity index (χ0) is 14.7. The van der Waals surface area contributed by atoms with Crippen molar-refractivity contribution in [1.29, 1.82) is 0 Å². The highest BCUT2D eigenvalue weighted by Crippen LogP contribution is 2.27. The lowest BCUT2D eigenvalue weighted by Gasteiger charge is -2.22. The van der Waals surface area contributed by atoms with E-state index in [9.17, 15) is 4.79 Å². The number of methoxy groups -OCH3 is 1. The highest BCUT2D eigenvalue weighted by Gasteiger charge is 2.27. The largest absolute Gasteiger partial charge is 0.469 e. The van der Waals surface area contributed by atoms with Gasteiger partial charge in [-0.1, -0.05) is 65.2 Å². The number of hydrogen-bond acceptors (Lipinski definition) is 2. The van der Waals surface area contributed by atoms with Crippen molar-refractivity contribution in [3.63, 3.8) is 0 Å². The Bertz CT molecular complexity index is 233. The summed E-state index contributed by atoms with van der Waals surface area (Å²) in [5.74, 6) is 0.704. The molecule has 114 valence electrons. The van der Waals surface area contributed by atoms with Crippen LogP contribution in [-0.2, 0) is 9.53 Å². The molecule has 1 unspecified atom stereocenters. The van der Waals surface area contributed by atoms with Crippen LogP contribution in [0.25, 0.3) is 0 Å². The van der Waals surface area contributed by atoms with Gasteiger partial charge in [0.15, 0.2) is 0 Å². The molecular weight excluding hydrogens is 236 g/mol. The van der Waals surface area contributed by atoms with Crippen LogP contribution in [0.15, 0.2) is 0 Å². The summed E-state index contributed by atoms with van der Waals surface area (Å²) in [7, 11) is 1.48. The molecule has 0 N–H and O–H groups in total. The normalized spacial score (nSPS) is 13.3. The van der Waals surface area contributed by atoms with Gasteiger partial charge in [0.25, 0.3) is 0 Å². The molecule has 0 bridgehead atoms. The van der Waals surface area contributed by atoms with E-state index in [1.807, 2.05) is 13.8 Å². The Hall–Kier alpha value is -0.530. The van der Waals surface area contributed by atoms with Gasteiger partial charge < -0.3 is 4.74 Å². The number of carbonyl (C=O) groups is 1. The molecule has 1 atom stereocenters. The maximum Gasteiger partial charge on any atom is 0.311 e. The van der Waals surface area contributed by atoms with E-state index < -0.39 is 0 Å². The van der Waals surface area contributed by atoms with Gasteiger partial charge in [-0.3, -0.25) is 4.79 Å². The second-order valence-electron chi connectivity index (χ2n) is 6.58. The summed E-state index contributed by atoms with van der Waals surface area (Å²) in [6, 6.07) is 0. The van der Waals surface area contributed by atoms with Gasteiger partial charge in [0.1, 0.15) is 0 Å². The van der Waals surface area contributed by atoms with E-state index in [-0.39, 0.29) is 11.4 Å². The first-order valence-electron chi connectivity index (χ1n) is 8.02. The predicted octanol–water partition coefficient (Wildman–Crippen LogP) is 5.35. The molecule has 0 saturated heterocycles. The minimum Gasteiger partial charge on any atom is -0.469 e. The van der Waals surface area contributed by atoms with Crippen molar-refractivity contribution in [2.24, 2.45) is 11.3 Å². The molecular formula is C17H34O2.